The summed E-state index contributed by atoms with van der Waals surface area (Å²) < 4.78 is 0. The van der Waals surface area contributed by atoms with E-state index in [9.17, 15) is 9.59 Å². The Morgan fingerprint density at radius 1 is 0.727 bits per heavy atom. The lowest BCUT2D eigenvalue weighted by atomic mass is 9.88. The molecule has 1 saturated heterocycles. The molecule has 3 amide bonds. The van der Waals surface area contributed by atoms with E-state index < -0.39 is 0 Å². The molecule has 0 atom stereocenters. The highest BCUT2D eigenvalue weighted by Crippen LogP contribution is 2.26. The highest BCUT2D eigenvalue weighted by atomic mass is 16.2. The Labute approximate surface area is 133 Å². The molecule has 3 aliphatic rings. The van der Waals surface area contributed by atoms with Gasteiger partial charge in [0.25, 0.3) is 0 Å². The first-order valence-electron chi connectivity index (χ1n) is 9.08. The first-order chi connectivity index (χ1) is 10.7. The molecule has 0 aromatic rings. The van der Waals surface area contributed by atoms with Gasteiger partial charge in [0.15, 0.2) is 0 Å². The zero-order valence-electron chi connectivity index (χ0n) is 13.6. The van der Waals surface area contributed by atoms with E-state index in [0.29, 0.717) is 38.1 Å². The summed E-state index contributed by atoms with van der Waals surface area (Å²) in [4.78, 5) is 28.6. The third kappa shape index (κ3) is 3.73. The van der Waals surface area contributed by atoms with Crippen molar-refractivity contribution in [2.45, 2.75) is 63.8 Å². The van der Waals surface area contributed by atoms with Crippen LogP contribution in [0.5, 0.6) is 0 Å². The molecule has 22 heavy (non-hydrogen) atoms. The van der Waals surface area contributed by atoms with E-state index in [1.165, 1.54) is 32.1 Å². The Morgan fingerprint density at radius 2 is 1.27 bits per heavy atom. The number of hydrogen-bond acceptors (Lipinski definition) is 2. The minimum absolute atomic E-state index is 0.0664. The maximum Gasteiger partial charge on any atom is 0.317 e. The lowest BCUT2D eigenvalue weighted by Crippen LogP contribution is -2.55. The zero-order valence-corrected chi connectivity index (χ0v) is 13.6. The molecule has 0 unspecified atom stereocenters. The average molecular weight is 307 g/mol. The van der Waals surface area contributed by atoms with Gasteiger partial charge < -0.3 is 15.1 Å². The van der Waals surface area contributed by atoms with Crippen LogP contribution in [0.3, 0.4) is 0 Å². The Kier molecular flexibility index (Phi) is 5.21. The molecule has 0 aromatic carbocycles. The summed E-state index contributed by atoms with van der Waals surface area (Å²) in [5.74, 6) is 0.572. The van der Waals surface area contributed by atoms with Gasteiger partial charge in [-0.25, -0.2) is 4.79 Å². The second kappa shape index (κ2) is 7.34. The molecule has 0 radical (unpaired) electrons. The van der Waals surface area contributed by atoms with Gasteiger partial charge in [0.1, 0.15) is 0 Å². The summed E-state index contributed by atoms with van der Waals surface area (Å²) in [6.07, 6.45) is 10.5. The summed E-state index contributed by atoms with van der Waals surface area (Å²) in [6, 6.07) is 0.436. The predicted octanol–water partition coefficient (Wildman–Crippen LogP) is 2.36. The smallest absolute Gasteiger partial charge is 0.317 e. The van der Waals surface area contributed by atoms with Crippen LogP contribution in [0.15, 0.2) is 0 Å². The van der Waals surface area contributed by atoms with Gasteiger partial charge in [0, 0.05) is 38.1 Å². The lowest BCUT2D eigenvalue weighted by Gasteiger charge is -2.37. The second-order valence-electron chi connectivity index (χ2n) is 7.08. The molecule has 3 rings (SSSR count). The molecule has 1 aliphatic heterocycles. The number of piperazine rings is 1. The molecular weight excluding hydrogens is 278 g/mol. The number of carbonyl (C=O) groups excluding carboxylic acids is 2. The van der Waals surface area contributed by atoms with Gasteiger partial charge in [-0.3, -0.25) is 4.79 Å². The molecule has 2 saturated carbocycles. The average Bonchev–Trinajstić information content (AvgIpc) is 3.08. The van der Waals surface area contributed by atoms with Crippen LogP contribution in [-0.2, 0) is 4.79 Å². The van der Waals surface area contributed by atoms with Crippen LogP contribution < -0.4 is 5.32 Å². The molecule has 0 aromatic heterocycles. The molecule has 5 nitrogen and oxygen atoms in total. The first kappa shape index (κ1) is 15.6. The van der Waals surface area contributed by atoms with E-state index in [-0.39, 0.29) is 11.9 Å². The van der Waals surface area contributed by atoms with Crippen molar-refractivity contribution in [1.29, 1.82) is 0 Å². The lowest BCUT2D eigenvalue weighted by molar-refractivity contribution is -0.138. The van der Waals surface area contributed by atoms with Crippen molar-refractivity contribution in [3.63, 3.8) is 0 Å². The van der Waals surface area contributed by atoms with E-state index in [4.69, 9.17) is 0 Å². The number of rotatable bonds is 2. The third-order valence-electron chi connectivity index (χ3n) is 5.52. The molecule has 124 valence electrons. The van der Waals surface area contributed by atoms with Crippen LogP contribution in [0.25, 0.3) is 0 Å². The first-order valence-corrected chi connectivity index (χ1v) is 9.08. The van der Waals surface area contributed by atoms with Crippen LogP contribution >= 0.6 is 0 Å². The fourth-order valence-electron chi connectivity index (χ4n) is 4.07. The van der Waals surface area contributed by atoms with Crippen LogP contribution in [0.2, 0.25) is 0 Å². The van der Waals surface area contributed by atoms with Crippen LogP contribution in [0.1, 0.15) is 57.8 Å². The molecule has 1 heterocycles. The summed E-state index contributed by atoms with van der Waals surface area (Å²) in [5, 5.41) is 3.14. The number of carbonyl (C=O) groups is 2. The quantitative estimate of drug-likeness (QED) is 0.851. The number of hydrogen-bond donors (Lipinski definition) is 1. The van der Waals surface area contributed by atoms with Crippen molar-refractivity contribution in [2.24, 2.45) is 5.92 Å². The standard InChI is InChI=1S/C17H29N3O2/c21-16(14-6-2-1-3-7-14)19-10-12-20(13-11-19)17(22)18-15-8-4-5-9-15/h14-15H,1-13H2,(H,18,22). The molecule has 3 fully saturated rings. The summed E-state index contributed by atoms with van der Waals surface area (Å²) in [7, 11) is 0. The number of urea groups is 1. The SMILES string of the molecule is O=C(NC1CCCC1)N1CCN(C(=O)C2CCCCC2)CC1. The van der Waals surface area contributed by atoms with Crippen molar-refractivity contribution in [3.05, 3.63) is 0 Å². The maximum atomic E-state index is 12.5. The van der Waals surface area contributed by atoms with E-state index in [1.54, 1.807) is 0 Å². The van der Waals surface area contributed by atoms with Crippen LogP contribution in [0, 0.1) is 5.92 Å². The third-order valence-corrected chi connectivity index (χ3v) is 5.52. The summed E-state index contributed by atoms with van der Waals surface area (Å²) in [6.45, 7) is 2.76. The van der Waals surface area contributed by atoms with Crippen molar-refractivity contribution < 1.29 is 9.59 Å². The summed E-state index contributed by atoms with van der Waals surface area (Å²) >= 11 is 0. The van der Waals surface area contributed by atoms with Gasteiger partial charge in [0.2, 0.25) is 5.91 Å². The topological polar surface area (TPSA) is 52.7 Å². The minimum atomic E-state index is 0.0664. The fraction of sp³-hybridized carbons (Fsp3) is 0.882. The van der Waals surface area contributed by atoms with Crippen molar-refractivity contribution in [1.82, 2.24) is 15.1 Å². The maximum absolute atomic E-state index is 12.5. The second-order valence-corrected chi connectivity index (χ2v) is 7.08. The van der Waals surface area contributed by atoms with Crippen molar-refractivity contribution in [2.75, 3.05) is 26.2 Å². The minimum Gasteiger partial charge on any atom is -0.339 e. The molecular formula is C17H29N3O2. The Hall–Kier alpha value is -1.26. The van der Waals surface area contributed by atoms with Gasteiger partial charge in [-0.1, -0.05) is 32.1 Å². The predicted molar refractivity (Wildman–Crippen MR) is 85.5 cm³/mol. The van der Waals surface area contributed by atoms with E-state index in [2.05, 4.69) is 5.32 Å². The normalized spacial score (nSPS) is 24.5. The largest absolute Gasteiger partial charge is 0.339 e. The Balaban J connectivity index is 1.43. The van der Waals surface area contributed by atoms with Gasteiger partial charge >= 0.3 is 6.03 Å². The monoisotopic (exact) mass is 307 g/mol. The molecule has 5 heteroatoms. The number of amides is 3. The molecule has 0 bridgehead atoms. The fourth-order valence-corrected chi connectivity index (χ4v) is 4.07. The molecule has 0 spiro atoms. The number of nitrogens with one attached hydrogen (secondary N) is 1. The molecule has 2 aliphatic carbocycles. The van der Waals surface area contributed by atoms with E-state index in [1.807, 2.05) is 9.80 Å². The van der Waals surface area contributed by atoms with Gasteiger partial charge in [-0.2, -0.15) is 0 Å². The van der Waals surface area contributed by atoms with Crippen LogP contribution in [-0.4, -0.2) is 54.0 Å². The Bertz CT molecular complexity index is 393. The highest BCUT2D eigenvalue weighted by Gasteiger charge is 2.30. The Morgan fingerprint density at radius 3 is 1.91 bits per heavy atom. The number of nitrogens with zero attached hydrogens (tertiary/aromatic N) is 2. The molecule has 1 N–H and O–H groups in total. The van der Waals surface area contributed by atoms with E-state index >= 15 is 0 Å². The van der Waals surface area contributed by atoms with Crippen molar-refractivity contribution in [3.8, 4) is 0 Å². The van der Waals surface area contributed by atoms with Gasteiger partial charge in [-0.05, 0) is 25.7 Å². The van der Waals surface area contributed by atoms with Crippen LogP contribution in [0.4, 0.5) is 4.79 Å². The van der Waals surface area contributed by atoms with Gasteiger partial charge in [0.05, 0.1) is 0 Å². The van der Waals surface area contributed by atoms with E-state index in [0.717, 1.165) is 25.7 Å². The summed E-state index contributed by atoms with van der Waals surface area (Å²) in [5.41, 5.74) is 0. The highest BCUT2D eigenvalue weighted by molar-refractivity contribution is 5.80. The zero-order chi connectivity index (χ0) is 15.4. The van der Waals surface area contributed by atoms with Crippen molar-refractivity contribution >= 4 is 11.9 Å². The van der Waals surface area contributed by atoms with Gasteiger partial charge in [-0.15, -0.1) is 0 Å².